The van der Waals surface area contributed by atoms with E-state index in [9.17, 15) is 4.79 Å². The summed E-state index contributed by atoms with van der Waals surface area (Å²) in [5.41, 5.74) is 0.801. The molecule has 0 bridgehead atoms. The lowest BCUT2D eigenvalue weighted by Crippen LogP contribution is -2.21. The van der Waals surface area contributed by atoms with E-state index < -0.39 is 0 Å². The molecule has 1 heterocycles. The maximum Gasteiger partial charge on any atom is 0.168 e. The quantitative estimate of drug-likeness (QED) is 0.669. The summed E-state index contributed by atoms with van der Waals surface area (Å²) in [4.78, 5) is 12.0. The lowest BCUT2D eigenvalue weighted by Gasteiger charge is -2.12. The summed E-state index contributed by atoms with van der Waals surface area (Å²) in [5.74, 6) is 0.271. The van der Waals surface area contributed by atoms with E-state index in [-0.39, 0.29) is 17.8 Å². The Labute approximate surface area is 83.9 Å². The number of hydrogen-bond acceptors (Lipinski definition) is 2. The highest BCUT2D eigenvalue weighted by molar-refractivity contribution is 5.98. The molecule has 1 aliphatic heterocycles. The van der Waals surface area contributed by atoms with Crippen LogP contribution in [0.5, 0.6) is 0 Å². The van der Waals surface area contributed by atoms with Gasteiger partial charge in [0.05, 0.1) is 12.0 Å². The highest BCUT2D eigenvalue weighted by atomic mass is 16.5. The Hall–Kier alpha value is -1.15. The standard InChI is InChI=1S/C12H14O2/c1-9-11(7-8-14-9)12(13)10-5-3-2-4-6-10/h2-6,9,11H,7-8H2,1H3/t9-,11+/m0/s1. The van der Waals surface area contributed by atoms with Crippen LogP contribution in [0, 0.1) is 5.92 Å². The molecule has 2 atom stereocenters. The topological polar surface area (TPSA) is 26.3 Å². The molecule has 1 aromatic rings. The first kappa shape index (κ1) is 9.41. The molecule has 2 rings (SSSR count). The Morgan fingerprint density at radius 1 is 1.36 bits per heavy atom. The SMILES string of the molecule is C[C@@H]1OCC[C@H]1C(=O)c1ccccc1. The fourth-order valence-corrected chi connectivity index (χ4v) is 1.89. The van der Waals surface area contributed by atoms with Crippen LogP contribution in [0.1, 0.15) is 23.7 Å². The first-order valence-electron chi connectivity index (χ1n) is 5.00. The van der Waals surface area contributed by atoms with Gasteiger partial charge in [-0.2, -0.15) is 0 Å². The van der Waals surface area contributed by atoms with E-state index in [1.54, 1.807) is 0 Å². The molecule has 0 unspecified atom stereocenters. The van der Waals surface area contributed by atoms with Crippen molar-refractivity contribution in [3.63, 3.8) is 0 Å². The fourth-order valence-electron chi connectivity index (χ4n) is 1.89. The summed E-state index contributed by atoms with van der Waals surface area (Å²) >= 11 is 0. The van der Waals surface area contributed by atoms with Gasteiger partial charge in [0.15, 0.2) is 5.78 Å². The number of hydrogen-bond donors (Lipinski definition) is 0. The first-order chi connectivity index (χ1) is 6.79. The lowest BCUT2D eigenvalue weighted by molar-refractivity contribution is 0.0764. The Balaban J connectivity index is 2.16. The maximum atomic E-state index is 12.0. The average molecular weight is 190 g/mol. The van der Waals surface area contributed by atoms with E-state index in [0.29, 0.717) is 6.61 Å². The third-order valence-corrected chi connectivity index (χ3v) is 2.77. The molecule has 0 spiro atoms. The van der Waals surface area contributed by atoms with Gasteiger partial charge in [0.25, 0.3) is 0 Å². The van der Waals surface area contributed by atoms with Gasteiger partial charge in [-0.15, -0.1) is 0 Å². The second kappa shape index (κ2) is 3.93. The summed E-state index contributed by atoms with van der Waals surface area (Å²) < 4.78 is 5.39. The number of ketones is 1. The third kappa shape index (κ3) is 1.70. The smallest absolute Gasteiger partial charge is 0.168 e. The first-order valence-corrected chi connectivity index (χ1v) is 5.00. The minimum Gasteiger partial charge on any atom is -0.378 e. The molecule has 0 aromatic heterocycles. The van der Waals surface area contributed by atoms with Crippen molar-refractivity contribution in [3.8, 4) is 0 Å². The second-order valence-corrected chi connectivity index (χ2v) is 3.70. The molecule has 0 N–H and O–H groups in total. The predicted molar refractivity (Wildman–Crippen MR) is 54.3 cm³/mol. The van der Waals surface area contributed by atoms with Crippen LogP contribution in [0.15, 0.2) is 30.3 Å². The van der Waals surface area contributed by atoms with Gasteiger partial charge < -0.3 is 4.74 Å². The molecule has 74 valence electrons. The molecule has 2 heteroatoms. The number of carbonyl (C=O) groups is 1. The van der Waals surface area contributed by atoms with Crippen LogP contribution in [0.4, 0.5) is 0 Å². The second-order valence-electron chi connectivity index (χ2n) is 3.70. The van der Waals surface area contributed by atoms with Crippen molar-refractivity contribution in [2.45, 2.75) is 19.4 Å². The van der Waals surface area contributed by atoms with Crippen molar-refractivity contribution >= 4 is 5.78 Å². The lowest BCUT2D eigenvalue weighted by atomic mass is 9.92. The number of Topliss-reactive ketones (excluding diaryl/α,β-unsaturated/α-hetero) is 1. The van der Waals surface area contributed by atoms with Crippen LogP contribution in [0.3, 0.4) is 0 Å². The molecule has 0 aliphatic carbocycles. The monoisotopic (exact) mass is 190 g/mol. The summed E-state index contributed by atoms with van der Waals surface area (Å²) in [6.07, 6.45) is 0.928. The summed E-state index contributed by atoms with van der Waals surface area (Å²) in [7, 11) is 0. The van der Waals surface area contributed by atoms with Crippen LogP contribution < -0.4 is 0 Å². The molecule has 1 fully saturated rings. The van der Waals surface area contributed by atoms with Gasteiger partial charge in [-0.25, -0.2) is 0 Å². The van der Waals surface area contributed by atoms with Crippen molar-refractivity contribution in [3.05, 3.63) is 35.9 Å². The number of carbonyl (C=O) groups excluding carboxylic acids is 1. The zero-order valence-electron chi connectivity index (χ0n) is 8.27. The Kier molecular flexibility index (Phi) is 2.64. The molecule has 0 saturated carbocycles. The van der Waals surface area contributed by atoms with Gasteiger partial charge in [0.1, 0.15) is 0 Å². The van der Waals surface area contributed by atoms with Gasteiger partial charge in [-0.05, 0) is 13.3 Å². The normalized spacial score (nSPS) is 26.4. The Bertz CT molecular complexity index is 318. The van der Waals surface area contributed by atoms with E-state index >= 15 is 0 Å². The molecule has 1 aliphatic rings. The van der Waals surface area contributed by atoms with Crippen molar-refractivity contribution in [1.82, 2.24) is 0 Å². The van der Waals surface area contributed by atoms with Gasteiger partial charge >= 0.3 is 0 Å². The molecular formula is C12H14O2. The van der Waals surface area contributed by atoms with Crippen LogP contribution in [0.2, 0.25) is 0 Å². The highest BCUT2D eigenvalue weighted by Gasteiger charge is 2.30. The molecule has 1 saturated heterocycles. The summed E-state index contributed by atoms with van der Waals surface area (Å²) in [5, 5.41) is 0. The van der Waals surface area contributed by atoms with Crippen molar-refractivity contribution in [1.29, 1.82) is 0 Å². The zero-order valence-corrected chi connectivity index (χ0v) is 8.27. The average Bonchev–Trinajstić information content (AvgIpc) is 2.65. The van der Waals surface area contributed by atoms with Crippen LogP contribution in [-0.2, 0) is 4.74 Å². The molecule has 14 heavy (non-hydrogen) atoms. The van der Waals surface area contributed by atoms with Crippen LogP contribution >= 0.6 is 0 Å². The Morgan fingerprint density at radius 3 is 2.64 bits per heavy atom. The largest absolute Gasteiger partial charge is 0.378 e. The van der Waals surface area contributed by atoms with Gasteiger partial charge in [-0.3, -0.25) is 4.79 Å². The van der Waals surface area contributed by atoms with Gasteiger partial charge in [-0.1, -0.05) is 30.3 Å². The number of benzene rings is 1. The highest BCUT2D eigenvalue weighted by Crippen LogP contribution is 2.24. The third-order valence-electron chi connectivity index (χ3n) is 2.77. The maximum absolute atomic E-state index is 12.0. The van der Waals surface area contributed by atoms with Crippen LogP contribution in [0.25, 0.3) is 0 Å². The predicted octanol–water partition coefficient (Wildman–Crippen LogP) is 2.29. The van der Waals surface area contributed by atoms with Crippen molar-refractivity contribution in [2.75, 3.05) is 6.61 Å². The molecule has 0 radical (unpaired) electrons. The van der Waals surface area contributed by atoms with Gasteiger partial charge in [0, 0.05) is 12.2 Å². The zero-order chi connectivity index (χ0) is 9.97. The van der Waals surface area contributed by atoms with Crippen molar-refractivity contribution < 1.29 is 9.53 Å². The van der Waals surface area contributed by atoms with Gasteiger partial charge in [0.2, 0.25) is 0 Å². The number of rotatable bonds is 2. The summed E-state index contributed by atoms with van der Waals surface area (Å²) in [6, 6.07) is 9.45. The van der Waals surface area contributed by atoms with Crippen molar-refractivity contribution in [2.24, 2.45) is 5.92 Å². The summed E-state index contributed by atoms with van der Waals surface area (Å²) in [6.45, 7) is 2.68. The van der Waals surface area contributed by atoms with E-state index in [4.69, 9.17) is 4.74 Å². The van der Waals surface area contributed by atoms with E-state index in [1.807, 2.05) is 37.3 Å². The van der Waals surface area contributed by atoms with E-state index in [0.717, 1.165) is 12.0 Å². The van der Waals surface area contributed by atoms with E-state index in [1.165, 1.54) is 0 Å². The molecule has 1 aromatic carbocycles. The minimum absolute atomic E-state index is 0.0531. The minimum atomic E-state index is 0.0531. The number of ether oxygens (including phenoxy) is 1. The molecule has 0 amide bonds. The Morgan fingerprint density at radius 2 is 2.07 bits per heavy atom. The van der Waals surface area contributed by atoms with E-state index in [2.05, 4.69) is 0 Å². The molecule has 2 nitrogen and oxygen atoms in total. The molecular weight excluding hydrogens is 176 g/mol. The van der Waals surface area contributed by atoms with Crippen LogP contribution in [-0.4, -0.2) is 18.5 Å². The fraction of sp³-hybridized carbons (Fsp3) is 0.417.